The summed E-state index contributed by atoms with van der Waals surface area (Å²) < 4.78 is 22.2. The van der Waals surface area contributed by atoms with E-state index in [1.807, 2.05) is 52.7 Å². The first-order valence-corrected chi connectivity index (χ1v) is 11.3. The van der Waals surface area contributed by atoms with E-state index in [-0.39, 0.29) is 11.9 Å². The molecule has 0 saturated carbocycles. The van der Waals surface area contributed by atoms with Crippen LogP contribution >= 0.6 is 11.3 Å². The van der Waals surface area contributed by atoms with Gasteiger partial charge in [-0.05, 0) is 72.3 Å². The number of hydrogen-bond donors (Lipinski definition) is 0. The fourth-order valence-corrected chi connectivity index (χ4v) is 4.93. The lowest BCUT2D eigenvalue weighted by atomic mass is 9.90. The SMILES string of the molecule is COc1ccc(OC(C)C(=O)N2CCc3cc(OC)c(OC)cc3C2c2cccs2)cc1. The Kier molecular flexibility index (Phi) is 6.55. The predicted molar refractivity (Wildman–Crippen MR) is 124 cm³/mol. The van der Waals surface area contributed by atoms with E-state index >= 15 is 0 Å². The molecule has 2 heterocycles. The maximum Gasteiger partial charge on any atom is 0.264 e. The van der Waals surface area contributed by atoms with Crippen LogP contribution in [0.1, 0.15) is 29.0 Å². The van der Waals surface area contributed by atoms with E-state index in [9.17, 15) is 4.79 Å². The van der Waals surface area contributed by atoms with Crippen LogP contribution in [0.25, 0.3) is 0 Å². The average molecular weight is 454 g/mol. The molecular formula is C25H27NO5S. The summed E-state index contributed by atoms with van der Waals surface area (Å²) in [5.41, 5.74) is 2.22. The van der Waals surface area contributed by atoms with Crippen LogP contribution in [0.2, 0.25) is 0 Å². The summed E-state index contributed by atoms with van der Waals surface area (Å²) in [7, 11) is 4.88. The molecular weight excluding hydrogens is 426 g/mol. The Morgan fingerprint density at radius 2 is 1.69 bits per heavy atom. The van der Waals surface area contributed by atoms with Crippen molar-refractivity contribution in [3.63, 3.8) is 0 Å². The highest BCUT2D eigenvalue weighted by molar-refractivity contribution is 7.10. The Hall–Kier alpha value is -3.19. The smallest absolute Gasteiger partial charge is 0.264 e. The summed E-state index contributed by atoms with van der Waals surface area (Å²) in [5, 5.41) is 2.03. The third-order valence-electron chi connectivity index (χ3n) is 5.69. The Bertz CT molecular complexity index is 1060. The lowest BCUT2D eigenvalue weighted by Crippen LogP contribution is -2.46. The quantitative estimate of drug-likeness (QED) is 0.518. The van der Waals surface area contributed by atoms with Crippen LogP contribution < -0.4 is 18.9 Å². The van der Waals surface area contributed by atoms with E-state index in [2.05, 4.69) is 6.07 Å². The third kappa shape index (κ3) is 4.25. The van der Waals surface area contributed by atoms with Crippen molar-refractivity contribution >= 4 is 17.2 Å². The molecule has 0 N–H and O–H groups in total. The lowest BCUT2D eigenvalue weighted by molar-refractivity contribution is -0.140. The number of thiophene rings is 1. The van der Waals surface area contributed by atoms with Gasteiger partial charge in [-0.1, -0.05) is 6.07 Å². The van der Waals surface area contributed by atoms with Gasteiger partial charge in [0.2, 0.25) is 0 Å². The maximum absolute atomic E-state index is 13.5. The fraction of sp³-hybridized carbons (Fsp3) is 0.320. The first-order valence-electron chi connectivity index (χ1n) is 10.4. The molecule has 6 nitrogen and oxygen atoms in total. The first-order chi connectivity index (χ1) is 15.5. The minimum absolute atomic E-state index is 0.0559. The highest BCUT2D eigenvalue weighted by Crippen LogP contribution is 2.42. The summed E-state index contributed by atoms with van der Waals surface area (Å²) >= 11 is 1.64. The lowest BCUT2D eigenvalue weighted by Gasteiger charge is -2.38. The van der Waals surface area contributed by atoms with Crippen molar-refractivity contribution in [3.05, 3.63) is 69.9 Å². The number of carbonyl (C=O) groups is 1. The number of carbonyl (C=O) groups excluding carboxylic acids is 1. The Labute approximate surface area is 192 Å². The van der Waals surface area contributed by atoms with E-state index in [1.165, 1.54) is 0 Å². The molecule has 1 aromatic heterocycles. The zero-order valence-corrected chi connectivity index (χ0v) is 19.5. The van der Waals surface area contributed by atoms with E-state index in [1.54, 1.807) is 39.6 Å². The van der Waals surface area contributed by atoms with Gasteiger partial charge in [0.15, 0.2) is 17.6 Å². The largest absolute Gasteiger partial charge is 0.497 e. The van der Waals surface area contributed by atoms with Gasteiger partial charge in [0.05, 0.1) is 27.4 Å². The molecule has 1 amide bonds. The van der Waals surface area contributed by atoms with Gasteiger partial charge in [0.25, 0.3) is 5.91 Å². The van der Waals surface area contributed by atoms with Crippen molar-refractivity contribution in [2.75, 3.05) is 27.9 Å². The molecule has 0 bridgehead atoms. The number of nitrogens with zero attached hydrogens (tertiary/aromatic N) is 1. The topological polar surface area (TPSA) is 57.2 Å². The average Bonchev–Trinajstić information content (AvgIpc) is 3.36. The standard InChI is InChI=1S/C25H27NO5S/c1-16(31-19-9-7-18(28-2)8-10-19)25(27)26-12-11-17-14-21(29-3)22(30-4)15-20(17)24(26)23-6-5-13-32-23/h5-10,13-16,24H,11-12H2,1-4H3. The molecule has 2 atom stereocenters. The predicted octanol–water partition coefficient (Wildman–Crippen LogP) is 4.72. The molecule has 0 saturated heterocycles. The van der Waals surface area contributed by atoms with E-state index < -0.39 is 6.10 Å². The second kappa shape index (κ2) is 9.53. The van der Waals surface area contributed by atoms with Crippen LogP contribution in [0.5, 0.6) is 23.0 Å². The molecule has 168 valence electrons. The Morgan fingerprint density at radius 1 is 1.00 bits per heavy atom. The second-order valence-electron chi connectivity index (χ2n) is 7.54. The molecule has 1 aliphatic rings. The number of hydrogen-bond acceptors (Lipinski definition) is 6. The summed E-state index contributed by atoms with van der Waals surface area (Å²) in [6.07, 6.45) is 0.103. The molecule has 0 spiro atoms. The summed E-state index contributed by atoms with van der Waals surface area (Å²) in [5.74, 6) is 2.67. The highest BCUT2D eigenvalue weighted by atomic mass is 32.1. The summed E-state index contributed by atoms with van der Waals surface area (Å²) in [6, 6.07) is 15.1. The normalized spacial score (nSPS) is 16.1. The molecule has 2 unspecified atom stereocenters. The van der Waals surface area contributed by atoms with Gasteiger partial charge in [-0.15, -0.1) is 11.3 Å². The van der Waals surface area contributed by atoms with Crippen molar-refractivity contribution < 1.29 is 23.7 Å². The van der Waals surface area contributed by atoms with Crippen LogP contribution in [-0.4, -0.2) is 44.8 Å². The van der Waals surface area contributed by atoms with E-state index in [4.69, 9.17) is 18.9 Å². The van der Waals surface area contributed by atoms with Gasteiger partial charge in [-0.2, -0.15) is 0 Å². The van der Waals surface area contributed by atoms with Crippen LogP contribution in [0.4, 0.5) is 0 Å². The van der Waals surface area contributed by atoms with E-state index in [0.29, 0.717) is 23.8 Å². The van der Waals surface area contributed by atoms with Gasteiger partial charge in [-0.3, -0.25) is 4.79 Å². The maximum atomic E-state index is 13.5. The third-order valence-corrected chi connectivity index (χ3v) is 6.61. The fourth-order valence-electron chi connectivity index (χ4n) is 4.08. The summed E-state index contributed by atoms with van der Waals surface area (Å²) in [6.45, 7) is 2.39. The minimum Gasteiger partial charge on any atom is -0.497 e. The Balaban J connectivity index is 1.64. The van der Waals surface area contributed by atoms with Crippen LogP contribution in [0, 0.1) is 0 Å². The molecule has 2 aromatic carbocycles. The molecule has 4 rings (SSSR count). The molecule has 0 fully saturated rings. The van der Waals surface area contributed by atoms with E-state index in [0.717, 1.165) is 28.2 Å². The van der Waals surface area contributed by atoms with Gasteiger partial charge in [0.1, 0.15) is 11.5 Å². The molecule has 0 aliphatic carbocycles. The number of amides is 1. The molecule has 0 radical (unpaired) electrons. The van der Waals surface area contributed by atoms with Crippen molar-refractivity contribution in [2.45, 2.75) is 25.5 Å². The molecule has 7 heteroatoms. The van der Waals surface area contributed by atoms with Gasteiger partial charge >= 0.3 is 0 Å². The van der Waals surface area contributed by atoms with Crippen molar-refractivity contribution in [1.82, 2.24) is 4.90 Å². The van der Waals surface area contributed by atoms with Crippen molar-refractivity contribution in [1.29, 1.82) is 0 Å². The molecule has 32 heavy (non-hydrogen) atoms. The summed E-state index contributed by atoms with van der Waals surface area (Å²) in [4.78, 5) is 16.6. The molecule has 1 aliphatic heterocycles. The van der Waals surface area contributed by atoms with Gasteiger partial charge in [-0.25, -0.2) is 0 Å². The minimum atomic E-state index is -0.632. The number of fused-ring (bicyclic) bond motifs is 1. The highest BCUT2D eigenvalue weighted by Gasteiger charge is 2.36. The first kappa shape index (κ1) is 22.0. The monoisotopic (exact) mass is 453 g/mol. The molecule has 3 aromatic rings. The van der Waals surface area contributed by atoms with Crippen LogP contribution in [0.3, 0.4) is 0 Å². The van der Waals surface area contributed by atoms with Crippen molar-refractivity contribution in [2.24, 2.45) is 0 Å². The number of methoxy groups -OCH3 is 3. The van der Waals surface area contributed by atoms with Crippen LogP contribution in [0.15, 0.2) is 53.9 Å². The zero-order valence-electron chi connectivity index (χ0n) is 18.7. The number of benzene rings is 2. The number of rotatable bonds is 7. The van der Waals surface area contributed by atoms with Gasteiger partial charge < -0.3 is 23.8 Å². The van der Waals surface area contributed by atoms with Crippen LogP contribution in [-0.2, 0) is 11.2 Å². The second-order valence-corrected chi connectivity index (χ2v) is 8.52. The number of ether oxygens (including phenoxy) is 4. The van der Waals surface area contributed by atoms with Crippen molar-refractivity contribution in [3.8, 4) is 23.0 Å². The zero-order chi connectivity index (χ0) is 22.7. The Morgan fingerprint density at radius 3 is 2.31 bits per heavy atom. The van der Waals surface area contributed by atoms with Gasteiger partial charge in [0, 0.05) is 11.4 Å².